The molecule has 1 aromatic heterocycles. The van der Waals surface area contributed by atoms with Crippen LogP contribution in [0.2, 0.25) is 0 Å². The van der Waals surface area contributed by atoms with Gasteiger partial charge in [-0.25, -0.2) is 9.18 Å². The minimum Gasteiger partial charge on any atom is -0.492 e. The molecule has 0 spiro atoms. The van der Waals surface area contributed by atoms with Crippen molar-refractivity contribution in [3.63, 3.8) is 0 Å². The fourth-order valence-corrected chi connectivity index (χ4v) is 4.76. The number of halogens is 1. The van der Waals surface area contributed by atoms with E-state index in [2.05, 4.69) is 5.32 Å². The van der Waals surface area contributed by atoms with E-state index in [0.29, 0.717) is 29.4 Å². The number of carboxylic acids is 1. The van der Waals surface area contributed by atoms with E-state index in [1.807, 2.05) is 11.9 Å². The van der Waals surface area contributed by atoms with Crippen molar-refractivity contribution in [2.24, 2.45) is 5.92 Å². The van der Waals surface area contributed by atoms with Crippen molar-refractivity contribution in [3.8, 4) is 5.75 Å². The number of piperidine rings is 1. The maximum absolute atomic E-state index is 15.2. The molecule has 7 nitrogen and oxygen atoms in total. The van der Waals surface area contributed by atoms with Gasteiger partial charge in [-0.3, -0.25) is 4.79 Å². The van der Waals surface area contributed by atoms with Crippen LogP contribution in [0.4, 0.5) is 10.1 Å². The number of aromatic nitrogens is 1. The molecule has 1 aromatic carbocycles. The Hall–Kier alpha value is -2.61. The molecular weight excluding hydrogens is 365 g/mol. The zero-order chi connectivity index (χ0) is 19.8. The van der Waals surface area contributed by atoms with E-state index < -0.39 is 17.2 Å². The number of pyridine rings is 1. The fourth-order valence-electron chi connectivity index (χ4n) is 4.76. The van der Waals surface area contributed by atoms with Gasteiger partial charge >= 0.3 is 5.97 Å². The first-order chi connectivity index (χ1) is 13.4. The van der Waals surface area contributed by atoms with Crippen LogP contribution < -0.4 is 20.4 Å². The molecule has 3 aliphatic rings. The zero-order valence-electron chi connectivity index (χ0n) is 15.8. The van der Waals surface area contributed by atoms with Crippen LogP contribution in [-0.4, -0.2) is 48.4 Å². The Morgan fingerprint density at radius 1 is 1.43 bits per heavy atom. The molecule has 2 aliphatic carbocycles. The third kappa shape index (κ3) is 2.30. The molecule has 2 unspecified atom stereocenters. The number of likely N-dealkylation sites (N-methyl/N-ethyl adjacent to an activating group) is 1. The molecule has 2 atom stereocenters. The fraction of sp³-hybridized carbons (Fsp3) is 0.500. The number of carboxylic acid groups (broad SMARTS) is 1. The Kier molecular flexibility index (Phi) is 3.56. The van der Waals surface area contributed by atoms with Gasteiger partial charge in [-0.05, 0) is 38.3 Å². The van der Waals surface area contributed by atoms with Gasteiger partial charge in [0.1, 0.15) is 11.3 Å². The van der Waals surface area contributed by atoms with E-state index in [1.54, 1.807) is 4.57 Å². The van der Waals surface area contributed by atoms with Gasteiger partial charge in [0.2, 0.25) is 5.43 Å². The normalized spacial score (nSPS) is 25.8. The number of hydrogen-bond donors (Lipinski definition) is 2. The molecule has 28 heavy (non-hydrogen) atoms. The third-order valence-electron chi connectivity index (χ3n) is 6.53. The van der Waals surface area contributed by atoms with Gasteiger partial charge in [0.05, 0.1) is 18.0 Å². The molecule has 0 radical (unpaired) electrons. The smallest absolute Gasteiger partial charge is 0.341 e. The van der Waals surface area contributed by atoms with Crippen molar-refractivity contribution in [1.82, 2.24) is 9.88 Å². The summed E-state index contributed by atoms with van der Waals surface area (Å²) < 4.78 is 22.6. The van der Waals surface area contributed by atoms with Gasteiger partial charge in [-0.2, -0.15) is 0 Å². The van der Waals surface area contributed by atoms with Crippen LogP contribution in [0.25, 0.3) is 10.9 Å². The Labute approximate surface area is 160 Å². The average molecular weight is 387 g/mol. The second-order valence-corrected chi connectivity index (χ2v) is 8.14. The molecule has 2 N–H and O–H groups in total. The zero-order valence-corrected chi connectivity index (χ0v) is 15.8. The molecule has 2 saturated carbocycles. The van der Waals surface area contributed by atoms with E-state index in [0.717, 1.165) is 25.8 Å². The minimum absolute atomic E-state index is 0.0235. The van der Waals surface area contributed by atoms with Gasteiger partial charge in [-0.15, -0.1) is 0 Å². The van der Waals surface area contributed by atoms with Gasteiger partial charge in [0, 0.05) is 30.9 Å². The third-order valence-corrected chi connectivity index (χ3v) is 6.53. The van der Waals surface area contributed by atoms with E-state index in [9.17, 15) is 14.7 Å². The molecule has 2 heterocycles. The largest absolute Gasteiger partial charge is 0.492 e. The van der Waals surface area contributed by atoms with Crippen molar-refractivity contribution >= 4 is 22.6 Å². The molecule has 3 fully saturated rings. The summed E-state index contributed by atoms with van der Waals surface area (Å²) in [6, 6.07) is 1.28. The van der Waals surface area contributed by atoms with Crippen LogP contribution >= 0.6 is 0 Å². The molecule has 0 amide bonds. The summed E-state index contributed by atoms with van der Waals surface area (Å²) >= 11 is 0. The second-order valence-electron chi connectivity index (χ2n) is 8.14. The monoisotopic (exact) mass is 387 g/mol. The van der Waals surface area contributed by atoms with Crippen molar-refractivity contribution in [2.45, 2.75) is 30.8 Å². The Bertz CT molecular complexity index is 1070. The summed E-state index contributed by atoms with van der Waals surface area (Å²) in [5, 5.41) is 12.8. The molecule has 0 bridgehead atoms. The summed E-state index contributed by atoms with van der Waals surface area (Å²) in [7, 11) is 3.39. The average Bonchev–Trinajstić information content (AvgIpc) is 3.59. The Morgan fingerprint density at radius 3 is 2.75 bits per heavy atom. The number of anilines is 1. The van der Waals surface area contributed by atoms with Crippen LogP contribution in [-0.2, 0) is 0 Å². The summed E-state index contributed by atoms with van der Waals surface area (Å²) in [5.41, 5.74) is -0.163. The van der Waals surface area contributed by atoms with Crippen molar-refractivity contribution in [3.05, 3.63) is 33.9 Å². The van der Waals surface area contributed by atoms with E-state index >= 15 is 4.39 Å². The number of carbonyl (C=O) groups is 1. The second kappa shape index (κ2) is 5.70. The number of benzene rings is 1. The van der Waals surface area contributed by atoms with E-state index in [1.165, 1.54) is 19.4 Å². The molecule has 2 aromatic rings. The highest BCUT2D eigenvalue weighted by Crippen LogP contribution is 2.53. The van der Waals surface area contributed by atoms with Crippen LogP contribution in [0.15, 0.2) is 17.1 Å². The number of nitrogens with zero attached hydrogens (tertiary/aromatic N) is 2. The summed E-state index contributed by atoms with van der Waals surface area (Å²) in [4.78, 5) is 26.2. The molecule has 8 heteroatoms. The number of ether oxygens (including phenoxy) is 1. The highest BCUT2D eigenvalue weighted by Gasteiger charge is 2.59. The first kappa shape index (κ1) is 17.5. The van der Waals surface area contributed by atoms with E-state index in [4.69, 9.17) is 4.74 Å². The quantitative estimate of drug-likeness (QED) is 0.816. The number of nitrogens with one attached hydrogen (secondary N) is 1. The van der Waals surface area contributed by atoms with Gasteiger partial charge < -0.3 is 24.6 Å². The maximum atomic E-state index is 15.2. The van der Waals surface area contributed by atoms with Gasteiger partial charge in [0.15, 0.2) is 11.6 Å². The van der Waals surface area contributed by atoms with Crippen LogP contribution in [0.5, 0.6) is 5.75 Å². The Balaban J connectivity index is 1.76. The first-order valence-electron chi connectivity index (χ1n) is 9.52. The van der Waals surface area contributed by atoms with Crippen LogP contribution in [0.3, 0.4) is 0 Å². The van der Waals surface area contributed by atoms with Gasteiger partial charge in [-0.1, -0.05) is 0 Å². The SMILES string of the molecule is CNC12CC1CN(c1c(F)cc3c(=O)c(C(=O)O)cn(C4CC4)c3c1OC)C2. The number of hydrogen-bond acceptors (Lipinski definition) is 5. The first-order valence-corrected chi connectivity index (χ1v) is 9.52. The topological polar surface area (TPSA) is 83.8 Å². The summed E-state index contributed by atoms with van der Waals surface area (Å²) in [6.45, 7) is 1.40. The molecule has 5 rings (SSSR count). The Morgan fingerprint density at radius 2 is 2.18 bits per heavy atom. The van der Waals surface area contributed by atoms with Crippen molar-refractivity contribution in [1.29, 1.82) is 0 Å². The molecule has 1 saturated heterocycles. The molecule has 1 aliphatic heterocycles. The molecule has 148 valence electrons. The standard InChI is InChI=1S/C20H22FN3O4/c1-22-20-6-10(20)7-23(9-20)16-14(21)5-12-15(18(16)28-2)24(11-3-4-11)8-13(17(12)25)19(26)27/h5,8,10-11,22H,3-4,6-7,9H2,1-2H3,(H,26,27). The predicted molar refractivity (Wildman–Crippen MR) is 102 cm³/mol. The number of rotatable bonds is 5. The minimum atomic E-state index is -1.31. The van der Waals surface area contributed by atoms with Crippen molar-refractivity contribution in [2.75, 3.05) is 32.1 Å². The van der Waals surface area contributed by atoms with Gasteiger partial charge in [0.25, 0.3) is 0 Å². The number of methoxy groups -OCH3 is 1. The number of fused-ring (bicyclic) bond motifs is 2. The highest BCUT2D eigenvalue weighted by molar-refractivity contribution is 5.97. The maximum Gasteiger partial charge on any atom is 0.341 e. The predicted octanol–water partition coefficient (Wildman–Crippen LogP) is 1.98. The lowest BCUT2D eigenvalue weighted by Gasteiger charge is -2.27. The lowest BCUT2D eigenvalue weighted by molar-refractivity contribution is 0.0695. The lowest BCUT2D eigenvalue weighted by Crippen LogP contribution is -2.36. The van der Waals surface area contributed by atoms with Crippen molar-refractivity contribution < 1.29 is 19.0 Å². The highest BCUT2D eigenvalue weighted by atomic mass is 19.1. The summed E-state index contributed by atoms with van der Waals surface area (Å²) in [5.74, 6) is -1.08. The van der Waals surface area contributed by atoms with Crippen LogP contribution in [0.1, 0.15) is 35.7 Å². The number of aromatic carboxylic acids is 1. The van der Waals surface area contributed by atoms with Crippen LogP contribution in [0, 0.1) is 11.7 Å². The summed E-state index contributed by atoms with van der Waals surface area (Å²) in [6.07, 6.45) is 4.24. The van der Waals surface area contributed by atoms with E-state index in [-0.39, 0.29) is 22.5 Å². The molecular formula is C20H22FN3O4. The lowest BCUT2D eigenvalue weighted by atomic mass is 10.1.